The summed E-state index contributed by atoms with van der Waals surface area (Å²) in [6.45, 7) is 6.10. The number of nitrogens with one attached hydrogen (secondary N) is 2. The fourth-order valence-corrected chi connectivity index (χ4v) is 1.30. The predicted octanol–water partition coefficient (Wildman–Crippen LogP) is 0.925. The third-order valence-corrected chi connectivity index (χ3v) is 2.36. The summed E-state index contributed by atoms with van der Waals surface area (Å²) in [6.07, 6.45) is 0. The summed E-state index contributed by atoms with van der Waals surface area (Å²) >= 11 is 0. The van der Waals surface area contributed by atoms with Gasteiger partial charge in [0.2, 0.25) is 11.5 Å². The Morgan fingerprint density at radius 3 is 2.67 bits per heavy atom. The lowest BCUT2D eigenvalue weighted by molar-refractivity contribution is 0.101. The van der Waals surface area contributed by atoms with Crippen molar-refractivity contribution in [1.29, 1.82) is 0 Å². The lowest BCUT2D eigenvalue weighted by Gasteiger charge is -2.14. The molecule has 0 fully saturated rings. The van der Waals surface area contributed by atoms with Gasteiger partial charge in [0.05, 0.1) is 0 Å². The summed E-state index contributed by atoms with van der Waals surface area (Å²) in [4.78, 5) is 11.7. The van der Waals surface area contributed by atoms with Gasteiger partial charge in [-0.1, -0.05) is 20.8 Å². The minimum Gasteiger partial charge on any atom is -0.379 e. The Bertz CT molecular complexity index is 565. The fraction of sp³-hybridized carbons (Fsp3) is 0.400. The number of carbonyl (C=O) groups is 1. The second-order valence-corrected chi connectivity index (χ2v) is 4.87. The molecule has 0 spiro atoms. The fourth-order valence-electron chi connectivity index (χ4n) is 1.30. The van der Waals surface area contributed by atoms with Gasteiger partial charge in [-0.25, -0.2) is 4.63 Å². The van der Waals surface area contributed by atoms with Crippen molar-refractivity contribution in [2.75, 3.05) is 11.1 Å². The van der Waals surface area contributed by atoms with Crippen molar-refractivity contribution in [2.24, 2.45) is 0 Å². The van der Waals surface area contributed by atoms with Gasteiger partial charge in [-0.15, -0.1) is 0 Å². The van der Waals surface area contributed by atoms with Crippen molar-refractivity contribution < 1.29 is 9.42 Å². The Morgan fingerprint density at radius 1 is 1.44 bits per heavy atom. The van der Waals surface area contributed by atoms with E-state index in [0.717, 1.165) is 5.69 Å². The summed E-state index contributed by atoms with van der Waals surface area (Å²) in [5, 5.41) is 16.1. The van der Waals surface area contributed by atoms with Gasteiger partial charge in [0.15, 0.2) is 5.82 Å². The maximum Gasteiger partial charge on any atom is 0.283 e. The molecule has 0 aliphatic rings. The van der Waals surface area contributed by atoms with Gasteiger partial charge < -0.3 is 11.1 Å². The number of hydrogen-bond acceptors (Lipinski definition) is 6. The highest BCUT2D eigenvalue weighted by Crippen LogP contribution is 2.22. The molecule has 0 aliphatic heterocycles. The number of nitrogens with zero attached hydrogens (tertiary/aromatic N) is 3. The van der Waals surface area contributed by atoms with Crippen LogP contribution in [0, 0.1) is 0 Å². The Balaban J connectivity index is 2.13. The monoisotopic (exact) mass is 250 g/mol. The molecule has 0 bridgehead atoms. The largest absolute Gasteiger partial charge is 0.379 e. The highest BCUT2D eigenvalue weighted by Gasteiger charge is 2.20. The molecule has 0 aromatic carbocycles. The van der Waals surface area contributed by atoms with Crippen LogP contribution in [0.3, 0.4) is 0 Å². The van der Waals surface area contributed by atoms with Crippen LogP contribution in [0.15, 0.2) is 10.7 Å². The van der Waals surface area contributed by atoms with Gasteiger partial charge in [-0.05, 0) is 10.3 Å². The van der Waals surface area contributed by atoms with E-state index in [1.165, 1.54) is 0 Å². The van der Waals surface area contributed by atoms with Crippen molar-refractivity contribution in [3.63, 3.8) is 0 Å². The average molecular weight is 250 g/mol. The number of nitrogens with two attached hydrogens (primary N) is 1. The molecule has 2 rings (SSSR count). The number of carbonyl (C=O) groups excluding carboxylic acids is 1. The molecule has 0 atom stereocenters. The van der Waals surface area contributed by atoms with Crippen molar-refractivity contribution in [3.8, 4) is 0 Å². The molecule has 0 saturated heterocycles. The van der Waals surface area contributed by atoms with Crippen LogP contribution in [0.5, 0.6) is 0 Å². The number of hydrogen-bond donors (Lipinski definition) is 3. The number of rotatable bonds is 2. The first-order valence-electron chi connectivity index (χ1n) is 5.33. The second-order valence-electron chi connectivity index (χ2n) is 4.87. The molecule has 0 saturated carbocycles. The summed E-state index contributed by atoms with van der Waals surface area (Å²) in [7, 11) is 0. The van der Waals surface area contributed by atoms with E-state index >= 15 is 0 Å². The smallest absolute Gasteiger partial charge is 0.283 e. The Morgan fingerprint density at radius 2 is 2.17 bits per heavy atom. The van der Waals surface area contributed by atoms with E-state index in [-0.39, 0.29) is 16.9 Å². The van der Waals surface area contributed by atoms with Crippen LogP contribution in [-0.2, 0) is 5.41 Å². The first kappa shape index (κ1) is 12.1. The van der Waals surface area contributed by atoms with Gasteiger partial charge >= 0.3 is 0 Å². The van der Waals surface area contributed by atoms with Crippen LogP contribution in [0.25, 0.3) is 0 Å². The zero-order valence-corrected chi connectivity index (χ0v) is 10.3. The van der Waals surface area contributed by atoms with E-state index in [9.17, 15) is 4.79 Å². The summed E-state index contributed by atoms with van der Waals surface area (Å²) in [6, 6.07) is 1.75. The number of nitrogen functional groups attached to an aromatic ring is 1. The van der Waals surface area contributed by atoms with E-state index in [1.54, 1.807) is 6.07 Å². The number of amides is 1. The highest BCUT2D eigenvalue weighted by atomic mass is 16.6. The molecule has 96 valence electrons. The Labute approximate surface area is 103 Å². The zero-order valence-electron chi connectivity index (χ0n) is 10.3. The average Bonchev–Trinajstić information content (AvgIpc) is 2.85. The molecule has 8 nitrogen and oxygen atoms in total. The van der Waals surface area contributed by atoms with Crippen molar-refractivity contribution in [1.82, 2.24) is 20.5 Å². The van der Waals surface area contributed by atoms with Crippen LogP contribution in [0.1, 0.15) is 37.0 Å². The quantitative estimate of drug-likeness (QED) is 0.728. The molecule has 2 aromatic heterocycles. The van der Waals surface area contributed by atoms with E-state index in [2.05, 4.69) is 30.5 Å². The third-order valence-electron chi connectivity index (χ3n) is 2.36. The highest BCUT2D eigenvalue weighted by molar-refractivity contribution is 6.05. The van der Waals surface area contributed by atoms with Crippen LogP contribution >= 0.6 is 0 Å². The van der Waals surface area contributed by atoms with Crippen molar-refractivity contribution >= 4 is 17.5 Å². The zero-order chi connectivity index (χ0) is 13.3. The second kappa shape index (κ2) is 4.13. The van der Waals surface area contributed by atoms with Crippen molar-refractivity contribution in [2.45, 2.75) is 26.2 Å². The van der Waals surface area contributed by atoms with Gasteiger partial charge in [0.1, 0.15) is 0 Å². The number of aromatic nitrogens is 4. The molecule has 4 N–H and O–H groups in total. The summed E-state index contributed by atoms with van der Waals surface area (Å²) in [5.41, 5.74) is 6.18. The standard InChI is InChI=1S/C10H14N6O2/c1-10(2,3)5-4-6(14-13-5)12-9(17)7-8(11)16-18-15-7/h4H,1-3H3,(H2,11,16)(H2,12,13,14,17). The van der Waals surface area contributed by atoms with Crippen LogP contribution in [-0.4, -0.2) is 26.4 Å². The third kappa shape index (κ3) is 2.31. The number of anilines is 2. The lowest BCUT2D eigenvalue weighted by Crippen LogP contribution is -2.14. The van der Waals surface area contributed by atoms with Gasteiger partial charge in [0, 0.05) is 17.2 Å². The molecule has 8 heteroatoms. The first-order valence-corrected chi connectivity index (χ1v) is 5.33. The van der Waals surface area contributed by atoms with E-state index < -0.39 is 5.91 Å². The van der Waals surface area contributed by atoms with Crippen molar-refractivity contribution in [3.05, 3.63) is 17.5 Å². The predicted molar refractivity (Wildman–Crippen MR) is 64.0 cm³/mol. The normalized spacial score (nSPS) is 11.5. The van der Waals surface area contributed by atoms with E-state index in [0.29, 0.717) is 5.82 Å². The maximum atomic E-state index is 11.7. The van der Waals surface area contributed by atoms with Gasteiger partial charge in [-0.2, -0.15) is 5.10 Å². The molecule has 0 unspecified atom stereocenters. The Kier molecular flexibility index (Phi) is 2.77. The first-order chi connectivity index (χ1) is 8.38. The molecule has 0 radical (unpaired) electrons. The van der Waals surface area contributed by atoms with Crippen LogP contribution in [0.2, 0.25) is 0 Å². The molecule has 18 heavy (non-hydrogen) atoms. The van der Waals surface area contributed by atoms with E-state index in [4.69, 9.17) is 5.73 Å². The summed E-state index contributed by atoms with van der Waals surface area (Å²) < 4.78 is 4.35. The molecule has 2 heterocycles. The van der Waals surface area contributed by atoms with Gasteiger partial charge in [0.25, 0.3) is 5.91 Å². The minimum atomic E-state index is -0.513. The molecular formula is C10H14N6O2. The number of aromatic amines is 1. The molecule has 1 amide bonds. The number of H-pyrrole nitrogens is 1. The molecule has 0 aliphatic carbocycles. The van der Waals surface area contributed by atoms with Gasteiger partial charge in [-0.3, -0.25) is 9.89 Å². The lowest BCUT2D eigenvalue weighted by atomic mass is 9.92. The Hall–Kier alpha value is -2.38. The SMILES string of the molecule is CC(C)(C)c1cc(NC(=O)c2nonc2N)n[nH]1. The van der Waals surface area contributed by atoms with Crippen LogP contribution < -0.4 is 11.1 Å². The van der Waals surface area contributed by atoms with Crippen LogP contribution in [0.4, 0.5) is 11.6 Å². The maximum absolute atomic E-state index is 11.7. The molecular weight excluding hydrogens is 236 g/mol. The minimum absolute atomic E-state index is 0.0564. The topological polar surface area (TPSA) is 123 Å². The van der Waals surface area contributed by atoms with E-state index in [1.807, 2.05) is 20.8 Å². The molecule has 2 aromatic rings. The summed E-state index contributed by atoms with van der Waals surface area (Å²) in [5.74, 6) is -0.174.